The van der Waals surface area contributed by atoms with Gasteiger partial charge in [0.05, 0.1) is 17.2 Å². The molecule has 4 aromatic rings. The minimum absolute atomic E-state index is 0.0478. The first-order valence-corrected chi connectivity index (χ1v) is 12.2. The Kier molecular flexibility index (Phi) is 6.75. The van der Waals surface area contributed by atoms with Crippen molar-refractivity contribution >= 4 is 58.3 Å². The van der Waals surface area contributed by atoms with Gasteiger partial charge in [0, 0.05) is 26.9 Å². The van der Waals surface area contributed by atoms with Crippen LogP contribution in [0.3, 0.4) is 0 Å². The van der Waals surface area contributed by atoms with E-state index in [0.29, 0.717) is 16.4 Å². The van der Waals surface area contributed by atoms with Crippen molar-refractivity contribution in [3.05, 3.63) is 99.8 Å². The van der Waals surface area contributed by atoms with Crippen LogP contribution in [-0.4, -0.2) is 21.8 Å². The molecule has 1 aliphatic rings. The van der Waals surface area contributed by atoms with Crippen LogP contribution < -0.4 is 21.5 Å². The lowest BCUT2D eigenvalue weighted by Crippen LogP contribution is -2.36. The molecule has 36 heavy (non-hydrogen) atoms. The number of carbonyl (C=O) groups excluding carboxylic acids is 2. The number of aromatic amines is 1. The third-order valence-corrected chi connectivity index (χ3v) is 6.79. The molecule has 4 N–H and O–H groups in total. The van der Waals surface area contributed by atoms with Gasteiger partial charge in [0.15, 0.2) is 0 Å². The van der Waals surface area contributed by atoms with Crippen LogP contribution in [0.1, 0.15) is 17.9 Å². The molecule has 0 aliphatic carbocycles. The number of hydrogen-bond donors (Lipinski definition) is 4. The normalized spacial score (nSPS) is 14.5. The summed E-state index contributed by atoms with van der Waals surface area (Å²) in [6, 6.07) is 24.0. The highest BCUT2D eigenvalue weighted by molar-refractivity contribution is 7.99. The topological polar surface area (TPSA) is 116 Å². The molecule has 8 nitrogen and oxygen atoms in total. The molecule has 3 aromatic carbocycles. The van der Waals surface area contributed by atoms with Crippen LogP contribution >= 0.6 is 23.4 Å². The number of hydrogen-bond acceptors (Lipinski definition) is 6. The summed E-state index contributed by atoms with van der Waals surface area (Å²) in [7, 11) is 0. The van der Waals surface area contributed by atoms with E-state index in [2.05, 4.69) is 25.9 Å². The fourth-order valence-electron chi connectivity index (χ4n) is 3.85. The standard InChI is InChI=1S/C26H20ClN5O3S/c27-15-7-6-8-16(13-15)28-26-31-23-22(25(35)32-26)18(14-21(33)30-23)24(34)29-19-11-4-5-12-20(19)36-17-9-2-1-3-10-17/h1-13,18H,14H2,(H,29,34)(H3,28,30,31,32,33,35)/t18-/m1/s1. The monoisotopic (exact) mass is 517 g/mol. The van der Waals surface area contributed by atoms with E-state index in [4.69, 9.17) is 11.6 Å². The fraction of sp³-hybridized carbons (Fsp3) is 0.0769. The lowest BCUT2D eigenvalue weighted by atomic mass is 9.92. The zero-order chi connectivity index (χ0) is 25.1. The van der Waals surface area contributed by atoms with Crippen molar-refractivity contribution in [1.29, 1.82) is 0 Å². The van der Waals surface area contributed by atoms with Gasteiger partial charge in [-0.1, -0.05) is 59.8 Å². The van der Waals surface area contributed by atoms with E-state index in [1.165, 1.54) is 11.8 Å². The summed E-state index contributed by atoms with van der Waals surface area (Å²) in [6.45, 7) is 0. The molecule has 1 atom stereocenters. The van der Waals surface area contributed by atoms with Crippen LogP contribution in [0, 0.1) is 0 Å². The van der Waals surface area contributed by atoms with Gasteiger partial charge in [0.1, 0.15) is 5.82 Å². The Bertz CT molecular complexity index is 1510. The summed E-state index contributed by atoms with van der Waals surface area (Å²) < 4.78 is 0. The molecule has 1 aliphatic heterocycles. The molecule has 0 unspecified atom stereocenters. The summed E-state index contributed by atoms with van der Waals surface area (Å²) in [4.78, 5) is 47.6. The maximum Gasteiger partial charge on any atom is 0.258 e. The van der Waals surface area contributed by atoms with Crippen LogP contribution in [0.25, 0.3) is 0 Å². The van der Waals surface area contributed by atoms with Crippen LogP contribution in [0.5, 0.6) is 0 Å². The van der Waals surface area contributed by atoms with E-state index in [1.54, 1.807) is 30.3 Å². The second kappa shape index (κ2) is 10.3. The van der Waals surface area contributed by atoms with Crippen molar-refractivity contribution in [1.82, 2.24) is 9.97 Å². The van der Waals surface area contributed by atoms with Gasteiger partial charge in [0.2, 0.25) is 17.8 Å². The molecule has 0 radical (unpaired) electrons. The Morgan fingerprint density at radius 2 is 1.78 bits per heavy atom. The SMILES string of the molecule is O=C1C[C@@H](C(=O)Nc2ccccc2Sc2ccccc2)c2c(nc(Nc3cccc(Cl)c3)[nH]c2=O)N1. The molecular formula is C26H20ClN5O3S. The van der Waals surface area contributed by atoms with E-state index in [9.17, 15) is 14.4 Å². The Balaban J connectivity index is 1.41. The summed E-state index contributed by atoms with van der Waals surface area (Å²) in [6.07, 6.45) is -0.168. The largest absolute Gasteiger partial charge is 0.326 e. The first-order chi connectivity index (χ1) is 17.5. The average Bonchev–Trinajstić information content (AvgIpc) is 2.85. The highest BCUT2D eigenvalue weighted by Gasteiger charge is 2.35. The maximum absolute atomic E-state index is 13.3. The highest BCUT2D eigenvalue weighted by Crippen LogP contribution is 2.35. The van der Waals surface area contributed by atoms with Crippen molar-refractivity contribution in [3.8, 4) is 0 Å². The van der Waals surface area contributed by atoms with Crippen LogP contribution in [0.15, 0.2) is 93.4 Å². The second-order valence-electron chi connectivity index (χ2n) is 8.02. The van der Waals surface area contributed by atoms with Gasteiger partial charge in [-0.05, 0) is 42.5 Å². The van der Waals surface area contributed by atoms with Crippen LogP contribution in [0.2, 0.25) is 5.02 Å². The van der Waals surface area contributed by atoms with E-state index in [0.717, 1.165) is 9.79 Å². The highest BCUT2D eigenvalue weighted by atomic mass is 35.5. The summed E-state index contributed by atoms with van der Waals surface area (Å²) >= 11 is 7.52. The molecule has 10 heteroatoms. The molecule has 0 spiro atoms. The number of rotatable bonds is 6. The Hall–Kier alpha value is -4.08. The average molecular weight is 518 g/mol. The van der Waals surface area contributed by atoms with Crippen LogP contribution in [-0.2, 0) is 9.59 Å². The van der Waals surface area contributed by atoms with Crippen molar-refractivity contribution in [3.63, 3.8) is 0 Å². The summed E-state index contributed by atoms with van der Waals surface area (Å²) in [5.41, 5.74) is 0.788. The fourth-order valence-corrected chi connectivity index (χ4v) is 4.96. The number of aromatic nitrogens is 2. The third-order valence-electron chi connectivity index (χ3n) is 5.47. The van der Waals surface area contributed by atoms with Crippen molar-refractivity contribution < 1.29 is 9.59 Å². The van der Waals surface area contributed by atoms with E-state index in [-0.39, 0.29) is 23.8 Å². The molecule has 5 rings (SSSR count). The minimum Gasteiger partial charge on any atom is -0.326 e. The first-order valence-electron chi connectivity index (χ1n) is 11.1. The zero-order valence-corrected chi connectivity index (χ0v) is 20.3. The number of fused-ring (bicyclic) bond motifs is 1. The number of halogens is 1. The molecule has 0 bridgehead atoms. The van der Waals surface area contributed by atoms with Crippen LogP contribution in [0.4, 0.5) is 23.1 Å². The smallest absolute Gasteiger partial charge is 0.258 e. The molecule has 0 saturated carbocycles. The van der Waals surface area contributed by atoms with Gasteiger partial charge >= 0.3 is 0 Å². The number of amides is 2. The van der Waals surface area contributed by atoms with Crippen molar-refractivity contribution in [2.45, 2.75) is 22.1 Å². The molecule has 2 amide bonds. The van der Waals surface area contributed by atoms with Gasteiger partial charge in [-0.3, -0.25) is 19.4 Å². The summed E-state index contributed by atoms with van der Waals surface area (Å²) in [5, 5.41) is 8.98. The number of benzene rings is 3. The molecule has 2 heterocycles. The van der Waals surface area contributed by atoms with Gasteiger partial charge < -0.3 is 16.0 Å². The molecular weight excluding hydrogens is 498 g/mol. The number of nitrogens with zero attached hydrogens (tertiary/aromatic N) is 1. The molecule has 180 valence electrons. The van der Waals surface area contributed by atoms with E-state index in [1.807, 2.05) is 48.5 Å². The lowest BCUT2D eigenvalue weighted by molar-refractivity contribution is -0.123. The number of para-hydroxylation sites is 1. The lowest BCUT2D eigenvalue weighted by Gasteiger charge is -2.24. The molecule has 1 aromatic heterocycles. The van der Waals surface area contributed by atoms with Crippen molar-refractivity contribution in [2.75, 3.05) is 16.0 Å². The number of H-pyrrole nitrogens is 1. The number of anilines is 4. The molecule has 0 fully saturated rings. The van der Waals surface area contributed by atoms with Gasteiger partial charge in [-0.15, -0.1) is 0 Å². The Labute approximate surface area is 215 Å². The van der Waals surface area contributed by atoms with Gasteiger partial charge in [-0.2, -0.15) is 4.98 Å². The predicted octanol–water partition coefficient (Wildman–Crippen LogP) is 5.38. The van der Waals surface area contributed by atoms with Gasteiger partial charge in [0.25, 0.3) is 5.56 Å². The quantitative estimate of drug-likeness (QED) is 0.273. The van der Waals surface area contributed by atoms with Crippen molar-refractivity contribution in [2.24, 2.45) is 0 Å². The van der Waals surface area contributed by atoms with E-state index >= 15 is 0 Å². The Morgan fingerprint density at radius 3 is 2.58 bits per heavy atom. The summed E-state index contributed by atoms with van der Waals surface area (Å²) in [5.74, 6) is -1.70. The van der Waals surface area contributed by atoms with Gasteiger partial charge in [-0.25, -0.2) is 0 Å². The number of nitrogens with one attached hydrogen (secondary N) is 4. The second-order valence-corrected chi connectivity index (χ2v) is 9.57. The zero-order valence-electron chi connectivity index (χ0n) is 18.7. The first kappa shape index (κ1) is 23.7. The van der Waals surface area contributed by atoms with E-state index < -0.39 is 23.3 Å². The predicted molar refractivity (Wildman–Crippen MR) is 141 cm³/mol. The third kappa shape index (κ3) is 5.27. The Morgan fingerprint density at radius 1 is 1.00 bits per heavy atom. The maximum atomic E-state index is 13.3. The molecule has 0 saturated heterocycles. The number of carbonyl (C=O) groups is 2. The minimum atomic E-state index is -1.000.